The van der Waals surface area contributed by atoms with Crippen molar-refractivity contribution in [3.05, 3.63) is 79.1 Å². The Morgan fingerprint density at radius 2 is 1.31 bits per heavy atom. The molecule has 0 saturated heterocycles. The molecule has 0 bridgehead atoms. The highest BCUT2D eigenvalue weighted by Crippen LogP contribution is 2.47. The number of carbonyl (C=O) groups is 1. The summed E-state index contributed by atoms with van der Waals surface area (Å²) in [5.74, 6) is 1.50. The van der Waals surface area contributed by atoms with Crippen LogP contribution in [-0.2, 0) is 11.3 Å². The maximum atomic E-state index is 12.3. The molecule has 2 heterocycles. The summed E-state index contributed by atoms with van der Waals surface area (Å²) in [4.78, 5) is 12.3. The molecule has 0 aliphatic heterocycles. The Bertz CT molecular complexity index is 1470. The fourth-order valence-electron chi connectivity index (χ4n) is 4.28. The molecule has 0 radical (unpaired) electrons. The normalized spacial score (nSPS) is 14.6. The fraction of sp³-hybridized carbons (Fsp3) is 0.321. The Kier molecular flexibility index (Phi) is 8.55. The zero-order chi connectivity index (χ0) is 27.7. The van der Waals surface area contributed by atoms with Crippen molar-refractivity contribution in [3.8, 4) is 22.5 Å². The van der Waals surface area contributed by atoms with E-state index in [9.17, 15) is 9.90 Å². The third-order valence-electron chi connectivity index (χ3n) is 6.47. The summed E-state index contributed by atoms with van der Waals surface area (Å²) >= 11 is 24.7. The van der Waals surface area contributed by atoms with Crippen LogP contribution in [0.2, 0.25) is 20.1 Å². The van der Waals surface area contributed by atoms with Gasteiger partial charge >= 0.3 is 5.97 Å². The predicted octanol–water partition coefficient (Wildman–Crippen LogP) is 8.72. The van der Waals surface area contributed by atoms with Gasteiger partial charge < -0.3 is 18.9 Å². The van der Waals surface area contributed by atoms with Gasteiger partial charge in [-0.1, -0.05) is 68.8 Å². The molecule has 0 unspecified atom stereocenters. The Morgan fingerprint density at radius 3 is 1.79 bits per heavy atom. The molecule has 204 valence electrons. The molecule has 39 heavy (non-hydrogen) atoms. The summed E-state index contributed by atoms with van der Waals surface area (Å²) in [7, 11) is 0. The van der Waals surface area contributed by atoms with Crippen LogP contribution in [0.1, 0.15) is 71.9 Å². The number of ether oxygens (including phenoxy) is 1. The van der Waals surface area contributed by atoms with Crippen molar-refractivity contribution < 1.29 is 23.7 Å². The van der Waals surface area contributed by atoms with Gasteiger partial charge in [0.15, 0.2) is 5.76 Å². The van der Waals surface area contributed by atoms with E-state index in [0.717, 1.165) is 31.4 Å². The van der Waals surface area contributed by atoms with E-state index < -0.39 is 5.97 Å². The number of benzene rings is 2. The van der Waals surface area contributed by atoms with E-state index >= 15 is 0 Å². The molecular weight excluding hydrogens is 586 g/mol. The second kappa shape index (κ2) is 11.9. The molecule has 7 nitrogen and oxygen atoms in total. The SMILES string of the molecule is CCOC(=O)c1c(-c2c(Cl)cccc2Cl)noc1C1CC1.OCc1c(-c2c(Cl)cccc2Cl)noc1C1CC1. The van der Waals surface area contributed by atoms with Gasteiger partial charge in [0, 0.05) is 28.5 Å². The fourth-order valence-corrected chi connectivity index (χ4v) is 5.44. The van der Waals surface area contributed by atoms with Crippen LogP contribution in [0.3, 0.4) is 0 Å². The largest absolute Gasteiger partial charge is 0.462 e. The van der Waals surface area contributed by atoms with Crippen molar-refractivity contribution in [3.63, 3.8) is 0 Å². The zero-order valence-electron chi connectivity index (χ0n) is 20.8. The lowest BCUT2D eigenvalue weighted by atomic mass is 10.0. The smallest absolute Gasteiger partial charge is 0.344 e. The molecular formula is C28H24Cl4N2O5. The number of carbonyl (C=O) groups excluding carboxylic acids is 1. The number of rotatable bonds is 7. The highest BCUT2D eigenvalue weighted by molar-refractivity contribution is 6.40. The first-order valence-corrected chi connectivity index (χ1v) is 14.0. The Labute approximate surface area is 244 Å². The van der Waals surface area contributed by atoms with Crippen LogP contribution in [0.5, 0.6) is 0 Å². The third kappa shape index (κ3) is 5.83. The van der Waals surface area contributed by atoms with E-state index in [0.29, 0.717) is 65.4 Å². The maximum Gasteiger partial charge on any atom is 0.344 e. The summed E-state index contributed by atoms with van der Waals surface area (Å²) in [5.41, 5.74) is 3.07. The van der Waals surface area contributed by atoms with E-state index in [2.05, 4.69) is 10.3 Å². The topological polar surface area (TPSA) is 98.6 Å². The van der Waals surface area contributed by atoms with Crippen molar-refractivity contribution in [1.29, 1.82) is 0 Å². The molecule has 0 spiro atoms. The minimum atomic E-state index is -0.452. The number of aliphatic hydroxyl groups is 1. The number of hydrogen-bond acceptors (Lipinski definition) is 7. The molecule has 2 aliphatic carbocycles. The van der Waals surface area contributed by atoms with Gasteiger partial charge in [-0.05, 0) is 56.9 Å². The summed E-state index contributed by atoms with van der Waals surface area (Å²) in [5, 5.41) is 19.4. The minimum Gasteiger partial charge on any atom is -0.462 e. The molecule has 0 amide bonds. The highest BCUT2D eigenvalue weighted by atomic mass is 35.5. The van der Waals surface area contributed by atoms with Crippen molar-refractivity contribution >= 4 is 52.4 Å². The van der Waals surface area contributed by atoms with E-state index in [1.54, 1.807) is 43.3 Å². The lowest BCUT2D eigenvalue weighted by molar-refractivity contribution is 0.0524. The number of nitrogens with zero attached hydrogens (tertiary/aromatic N) is 2. The number of hydrogen-bond donors (Lipinski definition) is 1. The first-order valence-electron chi connectivity index (χ1n) is 12.5. The summed E-state index contributed by atoms with van der Waals surface area (Å²) in [6, 6.07) is 10.4. The van der Waals surface area contributed by atoms with Crippen LogP contribution in [0, 0.1) is 0 Å². The van der Waals surface area contributed by atoms with Crippen LogP contribution in [0.4, 0.5) is 0 Å². The molecule has 2 fully saturated rings. The van der Waals surface area contributed by atoms with Crippen LogP contribution >= 0.6 is 46.4 Å². The van der Waals surface area contributed by atoms with Crippen molar-refractivity contribution in [2.45, 2.75) is 51.0 Å². The number of esters is 1. The summed E-state index contributed by atoms with van der Waals surface area (Å²) in [6.45, 7) is 1.92. The van der Waals surface area contributed by atoms with E-state index in [4.69, 9.17) is 60.2 Å². The van der Waals surface area contributed by atoms with Crippen LogP contribution < -0.4 is 0 Å². The van der Waals surface area contributed by atoms with Crippen LogP contribution in [-0.4, -0.2) is 28.0 Å². The monoisotopic (exact) mass is 608 g/mol. The predicted molar refractivity (Wildman–Crippen MR) is 150 cm³/mol. The number of halogens is 4. The van der Waals surface area contributed by atoms with Gasteiger partial charge in [0.1, 0.15) is 22.7 Å². The highest BCUT2D eigenvalue weighted by Gasteiger charge is 2.37. The van der Waals surface area contributed by atoms with E-state index in [1.165, 1.54) is 0 Å². The molecule has 1 N–H and O–H groups in total. The van der Waals surface area contributed by atoms with Crippen molar-refractivity contribution in [2.24, 2.45) is 0 Å². The Morgan fingerprint density at radius 1 is 0.846 bits per heavy atom. The lowest BCUT2D eigenvalue weighted by Crippen LogP contribution is -2.07. The first-order chi connectivity index (χ1) is 18.8. The zero-order valence-corrected chi connectivity index (χ0v) is 23.9. The van der Waals surface area contributed by atoms with Gasteiger partial charge in [0.05, 0.1) is 33.3 Å². The Balaban J connectivity index is 0.000000160. The maximum absolute atomic E-state index is 12.3. The quantitative estimate of drug-likeness (QED) is 0.209. The number of aliphatic hydroxyl groups excluding tert-OH is 1. The van der Waals surface area contributed by atoms with Gasteiger partial charge in [-0.2, -0.15) is 0 Å². The molecule has 2 aliphatic rings. The average molecular weight is 610 g/mol. The van der Waals surface area contributed by atoms with Crippen molar-refractivity contribution in [2.75, 3.05) is 6.61 Å². The van der Waals surface area contributed by atoms with Gasteiger partial charge in [-0.25, -0.2) is 4.79 Å². The molecule has 11 heteroatoms. The molecule has 2 aromatic heterocycles. The standard InChI is InChI=1S/C15H13Cl2NO3.C13H11Cl2NO2/c1-2-20-15(19)12-13(18-21-14(12)8-6-7-8)11-9(16)4-3-5-10(11)17;14-9-2-1-3-10(15)11(9)12-8(6-17)13(18-16-12)7-4-5-7/h3-5,8H,2,6-7H2,1H3;1-3,7,17H,4-6H2. The molecule has 4 aromatic rings. The van der Waals surface area contributed by atoms with Gasteiger partial charge in [-0.15, -0.1) is 0 Å². The Hall–Kier alpha value is -2.55. The van der Waals surface area contributed by atoms with Gasteiger partial charge in [-0.3, -0.25) is 0 Å². The molecule has 0 atom stereocenters. The summed E-state index contributed by atoms with van der Waals surface area (Å²) < 4.78 is 15.9. The van der Waals surface area contributed by atoms with Gasteiger partial charge in [0.2, 0.25) is 0 Å². The molecule has 6 rings (SSSR count). The minimum absolute atomic E-state index is 0.119. The van der Waals surface area contributed by atoms with Crippen molar-refractivity contribution in [1.82, 2.24) is 10.3 Å². The third-order valence-corrected chi connectivity index (χ3v) is 7.73. The van der Waals surface area contributed by atoms with E-state index in [1.807, 2.05) is 0 Å². The van der Waals surface area contributed by atoms with Crippen LogP contribution in [0.15, 0.2) is 45.4 Å². The summed E-state index contributed by atoms with van der Waals surface area (Å²) in [6.07, 6.45) is 4.13. The average Bonchev–Trinajstić information content (AvgIpc) is 3.84. The number of aromatic nitrogens is 2. The lowest BCUT2D eigenvalue weighted by Gasteiger charge is -2.06. The second-order valence-corrected chi connectivity index (χ2v) is 10.9. The molecule has 2 saturated carbocycles. The van der Waals surface area contributed by atoms with Gasteiger partial charge in [0.25, 0.3) is 0 Å². The second-order valence-electron chi connectivity index (χ2n) is 9.26. The van der Waals surface area contributed by atoms with E-state index in [-0.39, 0.29) is 19.1 Å². The first kappa shape index (κ1) is 28.0. The van der Waals surface area contributed by atoms with Crippen LogP contribution in [0.25, 0.3) is 22.5 Å². The molecule has 2 aromatic carbocycles.